The third kappa shape index (κ3) is 3.33. The van der Waals surface area contributed by atoms with E-state index in [1.54, 1.807) is 30.9 Å². The summed E-state index contributed by atoms with van der Waals surface area (Å²) in [7, 11) is -3.73. The van der Waals surface area contributed by atoms with E-state index in [1.807, 2.05) is 0 Å². The number of carboxylic acids is 1. The van der Waals surface area contributed by atoms with Crippen LogP contribution in [0.25, 0.3) is 5.69 Å². The Balaban J connectivity index is 2.09. The number of carbonyl (C=O) groups is 1. The van der Waals surface area contributed by atoms with Crippen molar-refractivity contribution < 1.29 is 18.3 Å². The summed E-state index contributed by atoms with van der Waals surface area (Å²) in [6.45, 7) is 2.67. The molecular weight excluding hydrogens is 350 g/mol. The molecule has 3 rings (SSSR count). The summed E-state index contributed by atoms with van der Waals surface area (Å²) < 4.78 is 28.6. The van der Waals surface area contributed by atoms with Crippen LogP contribution in [0, 0.1) is 6.92 Å². The van der Waals surface area contributed by atoms with E-state index in [0.29, 0.717) is 18.8 Å². The third-order valence-electron chi connectivity index (χ3n) is 3.73. The van der Waals surface area contributed by atoms with E-state index in [9.17, 15) is 18.3 Å². The highest BCUT2D eigenvalue weighted by Crippen LogP contribution is 2.24. The van der Waals surface area contributed by atoms with Gasteiger partial charge in [0.1, 0.15) is 0 Å². The highest BCUT2D eigenvalue weighted by Gasteiger charge is 2.27. The van der Waals surface area contributed by atoms with Crippen molar-refractivity contribution in [2.75, 3.05) is 24.6 Å². The lowest BCUT2D eigenvalue weighted by Gasteiger charge is -2.26. The Labute approximate surface area is 144 Å². The van der Waals surface area contributed by atoms with Crippen LogP contribution in [0.2, 0.25) is 0 Å². The Morgan fingerprint density at radius 3 is 2.54 bits per heavy atom. The summed E-state index contributed by atoms with van der Waals surface area (Å²) in [4.78, 5) is 11.4. The molecule has 1 N–H and O–H groups in total. The Bertz CT molecular complexity index is 871. The Morgan fingerprint density at radius 1 is 1.25 bits per heavy atom. The molecule has 24 heavy (non-hydrogen) atoms. The van der Waals surface area contributed by atoms with Gasteiger partial charge in [-0.15, -0.1) is 0 Å². The molecule has 0 saturated carbocycles. The topological polar surface area (TPSA) is 92.5 Å². The van der Waals surface area contributed by atoms with Crippen LogP contribution >= 0.6 is 11.8 Å². The summed E-state index contributed by atoms with van der Waals surface area (Å²) >= 11 is 1.71. The van der Waals surface area contributed by atoms with Gasteiger partial charge in [0, 0.05) is 30.8 Å². The van der Waals surface area contributed by atoms with E-state index in [0.717, 1.165) is 17.2 Å². The lowest BCUT2D eigenvalue weighted by atomic mass is 10.2. The Morgan fingerprint density at radius 2 is 1.96 bits per heavy atom. The zero-order valence-corrected chi connectivity index (χ0v) is 14.7. The lowest BCUT2D eigenvalue weighted by molar-refractivity contribution is 0.0696. The van der Waals surface area contributed by atoms with E-state index >= 15 is 0 Å². The molecule has 0 spiro atoms. The van der Waals surface area contributed by atoms with Gasteiger partial charge in [0.2, 0.25) is 10.0 Å². The second-order valence-electron chi connectivity index (χ2n) is 5.44. The van der Waals surface area contributed by atoms with E-state index in [-0.39, 0.29) is 10.5 Å². The van der Waals surface area contributed by atoms with Crippen LogP contribution in [0.1, 0.15) is 16.1 Å². The predicted molar refractivity (Wildman–Crippen MR) is 91.3 cm³/mol. The number of aromatic nitrogens is 2. The number of benzene rings is 1. The van der Waals surface area contributed by atoms with Crippen molar-refractivity contribution in [1.29, 1.82) is 0 Å². The minimum Gasteiger partial charge on any atom is -0.478 e. The molecule has 2 heterocycles. The first-order valence-electron chi connectivity index (χ1n) is 7.37. The lowest BCUT2D eigenvalue weighted by Crippen LogP contribution is -2.38. The van der Waals surface area contributed by atoms with Crippen molar-refractivity contribution in [3.8, 4) is 5.69 Å². The first-order valence-corrected chi connectivity index (χ1v) is 9.96. The molecule has 128 valence electrons. The van der Waals surface area contributed by atoms with Gasteiger partial charge in [0.05, 0.1) is 21.8 Å². The molecule has 1 aromatic heterocycles. The summed E-state index contributed by atoms with van der Waals surface area (Å²) in [6.07, 6.45) is 1.67. The van der Waals surface area contributed by atoms with Crippen molar-refractivity contribution in [2.45, 2.75) is 11.8 Å². The highest BCUT2D eigenvalue weighted by atomic mass is 32.2. The van der Waals surface area contributed by atoms with Gasteiger partial charge in [-0.25, -0.2) is 17.9 Å². The number of rotatable bonds is 4. The molecule has 7 nitrogen and oxygen atoms in total. The highest BCUT2D eigenvalue weighted by molar-refractivity contribution is 7.99. The second kappa shape index (κ2) is 6.58. The van der Waals surface area contributed by atoms with Crippen LogP contribution < -0.4 is 0 Å². The Kier molecular flexibility index (Phi) is 4.66. The average Bonchev–Trinajstić information content (AvgIpc) is 3.01. The van der Waals surface area contributed by atoms with Crippen molar-refractivity contribution in [3.05, 3.63) is 41.7 Å². The van der Waals surface area contributed by atoms with E-state index in [2.05, 4.69) is 5.10 Å². The summed E-state index contributed by atoms with van der Waals surface area (Å²) in [5.74, 6) is 0.304. The molecule has 1 saturated heterocycles. The molecule has 1 aromatic carbocycles. The minimum absolute atomic E-state index is 0.0162. The number of aromatic carboxylic acids is 1. The molecule has 1 fully saturated rings. The number of sulfonamides is 1. The van der Waals surface area contributed by atoms with Crippen LogP contribution in [0.5, 0.6) is 0 Å². The van der Waals surface area contributed by atoms with Gasteiger partial charge in [-0.1, -0.05) is 0 Å². The number of carboxylic acid groups (broad SMARTS) is 1. The molecule has 0 amide bonds. The normalized spacial score (nSPS) is 16.2. The zero-order valence-electron chi connectivity index (χ0n) is 13.0. The minimum atomic E-state index is -3.73. The second-order valence-corrected chi connectivity index (χ2v) is 8.60. The Hall–Kier alpha value is -1.84. The fourth-order valence-corrected chi connectivity index (χ4v) is 5.12. The zero-order chi connectivity index (χ0) is 17.3. The van der Waals surface area contributed by atoms with Gasteiger partial charge in [-0.3, -0.25) is 0 Å². The quantitative estimate of drug-likeness (QED) is 0.883. The van der Waals surface area contributed by atoms with Crippen molar-refractivity contribution in [1.82, 2.24) is 14.1 Å². The molecule has 0 unspecified atom stereocenters. The van der Waals surface area contributed by atoms with Crippen LogP contribution in [0.4, 0.5) is 0 Å². The maximum absolute atomic E-state index is 12.8. The molecule has 1 aliphatic heterocycles. The fraction of sp³-hybridized carbons (Fsp3) is 0.333. The van der Waals surface area contributed by atoms with Crippen molar-refractivity contribution >= 4 is 27.8 Å². The number of aryl methyl sites for hydroxylation is 1. The smallest absolute Gasteiger partial charge is 0.335 e. The largest absolute Gasteiger partial charge is 0.478 e. The summed E-state index contributed by atoms with van der Waals surface area (Å²) in [5, 5.41) is 13.5. The number of hydrogen-bond donors (Lipinski definition) is 1. The SMILES string of the molecule is Cc1ccn(-c2cc(C(=O)O)cc(S(=O)(=O)N3CCSCC3)c2)n1. The molecule has 2 aromatic rings. The van der Waals surface area contributed by atoms with Crippen molar-refractivity contribution in [3.63, 3.8) is 0 Å². The summed E-state index contributed by atoms with van der Waals surface area (Å²) in [5.41, 5.74) is 1.09. The standard InChI is InChI=1S/C15H17N3O4S2/c1-11-2-3-18(16-11)13-8-12(15(19)20)9-14(10-13)24(21,22)17-4-6-23-7-5-17/h2-3,8-10H,4-7H2,1H3,(H,19,20). The van der Waals surface area contributed by atoms with Crippen molar-refractivity contribution in [2.24, 2.45) is 0 Å². The maximum atomic E-state index is 12.8. The molecule has 0 atom stereocenters. The van der Waals surface area contributed by atoms with Crippen LogP contribution in [0.3, 0.4) is 0 Å². The van der Waals surface area contributed by atoms with Gasteiger partial charge >= 0.3 is 5.97 Å². The molecule has 0 radical (unpaired) electrons. The van der Waals surface area contributed by atoms with Crippen LogP contribution in [-0.2, 0) is 10.0 Å². The average molecular weight is 367 g/mol. The number of hydrogen-bond acceptors (Lipinski definition) is 5. The molecule has 1 aliphatic rings. The number of nitrogens with zero attached hydrogens (tertiary/aromatic N) is 3. The molecule has 0 aliphatic carbocycles. The van der Waals surface area contributed by atoms with Gasteiger partial charge in [0.15, 0.2) is 0 Å². The maximum Gasteiger partial charge on any atom is 0.335 e. The van der Waals surface area contributed by atoms with E-state index < -0.39 is 16.0 Å². The third-order valence-corrected chi connectivity index (χ3v) is 6.55. The molecular formula is C15H17N3O4S2. The van der Waals surface area contributed by atoms with Gasteiger partial charge in [-0.05, 0) is 31.2 Å². The van der Waals surface area contributed by atoms with E-state index in [4.69, 9.17) is 0 Å². The van der Waals surface area contributed by atoms with Crippen LogP contribution in [-0.4, -0.2) is 58.2 Å². The first kappa shape index (κ1) is 17.0. The fourth-order valence-electron chi connectivity index (χ4n) is 2.48. The first-order chi connectivity index (χ1) is 11.4. The summed E-state index contributed by atoms with van der Waals surface area (Å²) in [6, 6.07) is 5.86. The predicted octanol–water partition coefficient (Wildman–Crippen LogP) is 1.62. The molecule has 9 heteroatoms. The number of thioether (sulfide) groups is 1. The van der Waals surface area contributed by atoms with Gasteiger partial charge < -0.3 is 5.11 Å². The van der Waals surface area contributed by atoms with Crippen LogP contribution in [0.15, 0.2) is 35.4 Å². The molecule has 0 bridgehead atoms. The van der Waals surface area contributed by atoms with E-state index in [1.165, 1.54) is 27.2 Å². The monoisotopic (exact) mass is 367 g/mol. The van der Waals surface area contributed by atoms with Gasteiger partial charge in [0.25, 0.3) is 0 Å². The van der Waals surface area contributed by atoms with Gasteiger partial charge in [-0.2, -0.15) is 21.2 Å².